The molecule has 0 bridgehead atoms. The molecule has 0 unspecified atom stereocenters. The SMILES string of the molecule is CCNCCCN(C)S(=O)(=O)N(CC)c1ccc(C)cc1. The summed E-state index contributed by atoms with van der Waals surface area (Å²) in [5.74, 6) is 0. The molecule has 0 aromatic heterocycles. The van der Waals surface area contributed by atoms with Gasteiger partial charge in [-0.25, -0.2) is 0 Å². The maximum atomic E-state index is 12.6. The number of hydrogen-bond acceptors (Lipinski definition) is 3. The van der Waals surface area contributed by atoms with Crippen LogP contribution in [-0.4, -0.2) is 45.9 Å². The molecule has 1 aromatic rings. The van der Waals surface area contributed by atoms with Gasteiger partial charge in [0.25, 0.3) is 0 Å². The summed E-state index contributed by atoms with van der Waals surface area (Å²) in [5.41, 5.74) is 1.83. The number of nitrogens with one attached hydrogen (secondary N) is 1. The van der Waals surface area contributed by atoms with Crippen LogP contribution in [0, 0.1) is 6.92 Å². The van der Waals surface area contributed by atoms with Crippen molar-refractivity contribution in [3.63, 3.8) is 0 Å². The minimum Gasteiger partial charge on any atom is -0.317 e. The van der Waals surface area contributed by atoms with E-state index >= 15 is 0 Å². The Kier molecular flexibility index (Phi) is 7.14. The largest absolute Gasteiger partial charge is 0.317 e. The Morgan fingerprint density at radius 1 is 1.14 bits per heavy atom. The Labute approximate surface area is 129 Å². The summed E-state index contributed by atoms with van der Waals surface area (Å²) in [6.45, 7) is 8.54. The number of hydrogen-bond donors (Lipinski definition) is 1. The van der Waals surface area contributed by atoms with E-state index < -0.39 is 10.2 Å². The van der Waals surface area contributed by atoms with E-state index in [1.807, 2.05) is 45.0 Å². The lowest BCUT2D eigenvalue weighted by Crippen LogP contribution is -2.42. The van der Waals surface area contributed by atoms with E-state index in [1.165, 1.54) is 8.61 Å². The van der Waals surface area contributed by atoms with Crippen LogP contribution in [0.3, 0.4) is 0 Å². The molecule has 0 aliphatic heterocycles. The highest BCUT2D eigenvalue weighted by Crippen LogP contribution is 2.20. The van der Waals surface area contributed by atoms with Gasteiger partial charge in [-0.1, -0.05) is 24.6 Å². The average molecular weight is 313 g/mol. The van der Waals surface area contributed by atoms with Crippen LogP contribution in [-0.2, 0) is 10.2 Å². The van der Waals surface area contributed by atoms with Gasteiger partial charge in [-0.15, -0.1) is 0 Å². The van der Waals surface area contributed by atoms with Crippen LogP contribution in [0.5, 0.6) is 0 Å². The molecule has 1 rings (SSSR count). The molecular weight excluding hydrogens is 286 g/mol. The quantitative estimate of drug-likeness (QED) is 0.710. The van der Waals surface area contributed by atoms with Crippen LogP contribution < -0.4 is 9.62 Å². The fourth-order valence-corrected chi connectivity index (χ4v) is 3.49. The van der Waals surface area contributed by atoms with Crippen LogP contribution in [0.15, 0.2) is 24.3 Å². The third-order valence-corrected chi connectivity index (χ3v) is 5.35. The molecule has 0 atom stereocenters. The second-order valence-electron chi connectivity index (χ2n) is 5.04. The maximum Gasteiger partial charge on any atom is 0.303 e. The van der Waals surface area contributed by atoms with E-state index in [1.54, 1.807) is 7.05 Å². The lowest BCUT2D eigenvalue weighted by molar-refractivity contribution is 0.453. The van der Waals surface area contributed by atoms with Gasteiger partial charge in [0.05, 0.1) is 5.69 Å². The first kappa shape index (κ1) is 17.9. The zero-order chi connectivity index (χ0) is 15.9. The van der Waals surface area contributed by atoms with Gasteiger partial charge in [-0.2, -0.15) is 12.7 Å². The Hall–Kier alpha value is -1.11. The first-order valence-corrected chi connectivity index (χ1v) is 8.84. The van der Waals surface area contributed by atoms with Crippen molar-refractivity contribution in [1.82, 2.24) is 9.62 Å². The standard InChI is InChI=1S/C15H27N3O2S/c1-5-16-12-7-13-17(4)21(19,20)18(6-2)15-10-8-14(3)9-11-15/h8-11,16H,5-7,12-13H2,1-4H3. The lowest BCUT2D eigenvalue weighted by Gasteiger charge is -2.28. The fraction of sp³-hybridized carbons (Fsp3) is 0.600. The van der Waals surface area contributed by atoms with Gasteiger partial charge in [-0.05, 0) is 45.5 Å². The van der Waals surface area contributed by atoms with Crippen molar-refractivity contribution in [3.8, 4) is 0 Å². The normalized spacial score (nSPS) is 11.9. The molecule has 21 heavy (non-hydrogen) atoms. The molecule has 0 saturated carbocycles. The first-order chi connectivity index (χ1) is 9.93. The topological polar surface area (TPSA) is 52.7 Å². The molecule has 0 radical (unpaired) electrons. The van der Waals surface area contributed by atoms with Crippen molar-refractivity contribution in [3.05, 3.63) is 29.8 Å². The molecule has 0 aliphatic rings. The van der Waals surface area contributed by atoms with Gasteiger partial charge in [0, 0.05) is 20.1 Å². The smallest absolute Gasteiger partial charge is 0.303 e. The number of anilines is 1. The highest BCUT2D eigenvalue weighted by Gasteiger charge is 2.25. The van der Waals surface area contributed by atoms with E-state index in [9.17, 15) is 8.42 Å². The highest BCUT2D eigenvalue weighted by molar-refractivity contribution is 7.90. The molecule has 6 heteroatoms. The molecule has 0 fully saturated rings. The van der Waals surface area contributed by atoms with E-state index in [0.717, 1.165) is 25.1 Å². The van der Waals surface area contributed by atoms with Crippen LogP contribution in [0.1, 0.15) is 25.8 Å². The van der Waals surface area contributed by atoms with Crippen molar-refractivity contribution in [1.29, 1.82) is 0 Å². The maximum absolute atomic E-state index is 12.6. The molecule has 1 aromatic carbocycles. The fourth-order valence-electron chi connectivity index (χ4n) is 2.08. The van der Waals surface area contributed by atoms with Crippen molar-refractivity contribution in [2.75, 3.05) is 37.5 Å². The number of benzene rings is 1. The van der Waals surface area contributed by atoms with Gasteiger partial charge in [0.1, 0.15) is 0 Å². The molecule has 1 N–H and O–H groups in total. The van der Waals surface area contributed by atoms with E-state index in [0.29, 0.717) is 18.8 Å². The summed E-state index contributed by atoms with van der Waals surface area (Å²) in [6.07, 6.45) is 0.801. The van der Waals surface area contributed by atoms with Crippen molar-refractivity contribution < 1.29 is 8.42 Å². The Morgan fingerprint density at radius 3 is 2.29 bits per heavy atom. The summed E-state index contributed by atoms with van der Waals surface area (Å²) in [7, 11) is -1.83. The lowest BCUT2D eigenvalue weighted by atomic mass is 10.2. The molecular formula is C15H27N3O2S. The van der Waals surface area contributed by atoms with Gasteiger partial charge < -0.3 is 5.32 Å². The zero-order valence-electron chi connectivity index (χ0n) is 13.5. The van der Waals surface area contributed by atoms with E-state index in [4.69, 9.17) is 0 Å². The van der Waals surface area contributed by atoms with Crippen LogP contribution in [0.25, 0.3) is 0 Å². The van der Waals surface area contributed by atoms with Crippen molar-refractivity contribution in [2.24, 2.45) is 0 Å². The summed E-state index contributed by atoms with van der Waals surface area (Å²) in [5, 5.41) is 3.20. The van der Waals surface area contributed by atoms with Gasteiger partial charge in [-0.3, -0.25) is 4.31 Å². The molecule has 0 amide bonds. The summed E-state index contributed by atoms with van der Waals surface area (Å²) < 4.78 is 28.2. The molecule has 0 spiro atoms. The van der Waals surface area contributed by atoms with E-state index in [-0.39, 0.29) is 0 Å². The highest BCUT2D eigenvalue weighted by atomic mass is 32.2. The monoisotopic (exact) mass is 313 g/mol. The summed E-state index contributed by atoms with van der Waals surface area (Å²) in [4.78, 5) is 0. The van der Waals surface area contributed by atoms with Gasteiger partial charge in [0.15, 0.2) is 0 Å². The molecule has 120 valence electrons. The third-order valence-electron chi connectivity index (χ3n) is 3.36. The van der Waals surface area contributed by atoms with E-state index in [2.05, 4.69) is 5.32 Å². The summed E-state index contributed by atoms with van der Waals surface area (Å²) >= 11 is 0. The second kappa shape index (κ2) is 8.36. The van der Waals surface area contributed by atoms with Crippen molar-refractivity contribution >= 4 is 15.9 Å². The summed E-state index contributed by atoms with van der Waals surface area (Å²) in [6, 6.07) is 7.56. The molecule has 0 aliphatic carbocycles. The zero-order valence-corrected chi connectivity index (χ0v) is 14.3. The Bertz CT molecular complexity index is 514. The van der Waals surface area contributed by atoms with Crippen LogP contribution >= 0.6 is 0 Å². The van der Waals surface area contributed by atoms with Crippen LogP contribution in [0.4, 0.5) is 5.69 Å². The predicted octanol–water partition coefficient (Wildman–Crippen LogP) is 2.00. The number of nitrogens with zero attached hydrogens (tertiary/aromatic N) is 2. The minimum atomic E-state index is -3.47. The second-order valence-corrected chi connectivity index (χ2v) is 7.00. The number of rotatable bonds is 9. The molecule has 5 nitrogen and oxygen atoms in total. The van der Waals surface area contributed by atoms with Gasteiger partial charge in [0.2, 0.25) is 0 Å². The number of aryl methyl sites for hydroxylation is 1. The molecule has 0 saturated heterocycles. The average Bonchev–Trinajstić information content (AvgIpc) is 2.46. The van der Waals surface area contributed by atoms with Crippen LogP contribution in [0.2, 0.25) is 0 Å². The van der Waals surface area contributed by atoms with Crippen molar-refractivity contribution in [2.45, 2.75) is 27.2 Å². The predicted molar refractivity (Wildman–Crippen MR) is 88.9 cm³/mol. The molecule has 0 heterocycles. The van der Waals surface area contributed by atoms with Gasteiger partial charge >= 0.3 is 10.2 Å². The first-order valence-electron chi connectivity index (χ1n) is 7.44. The Balaban J connectivity index is 2.79. The third kappa shape index (κ3) is 4.98. The Morgan fingerprint density at radius 2 is 1.76 bits per heavy atom. The minimum absolute atomic E-state index is 0.420.